The second-order valence-electron chi connectivity index (χ2n) is 9.78. The van der Waals surface area contributed by atoms with E-state index < -0.39 is 52.2 Å². The standard InChI is InChI=1S/C24H24ClN5O9P2/c25-24-28-21(27-14-6-5-13-7-12-3-1-2-4-15(12)16(13)8-14)18-22(29-24)30(10-26-18)23-20(32)19(31)17(39-23)9-38-41(36,37)11-40(33,34)35/h1-6,8,10,17,19-20,23,31-32H,7,9,11H2,(H,36,37)(H,27,28,29)(H2,33,34,35)/t17-,19?,20+,23-/m1/s1. The number of anilines is 2. The molecule has 0 radical (unpaired) electrons. The second-order valence-corrected chi connectivity index (χ2v) is 14.1. The number of fused-ring (bicyclic) bond motifs is 4. The Labute approximate surface area is 237 Å². The Morgan fingerprint density at radius 1 is 1.05 bits per heavy atom. The third-order valence-electron chi connectivity index (χ3n) is 6.87. The van der Waals surface area contributed by atoms with E-state index in [4.69, 9.17) is 30.6 Å². The Bertz CT molecular complexity index is 1750. The van der Waals surface area contributed by atoms with Crippen LogP contribution in [0.3, 0.4) is 0 Å². The minimum absolute atomic E-state index is 0.125. The smallest absolute Gasteiger partial charge is 0.340 e. The van der Waals surface area contributed by atoms with Crippen molar-refractivity contribution >= 4 is 49.5 Å². The minimum Gasteiger partial charge on any atom is -0.387 e. The van der Waals surface area contributed by atoms with Gasteiger partial charge in [-0.25, -0.2) is 4.98 Å². The Hall–Kier alpha value is -2.74. The highest BCUT2D eigenvalue weighted by Gasteiger charge is 2.45. The van der Waals surface area contributed by atoms with E-state index >= 15 is 0 Å². The number of aliphatic hydroxyl groups excluding tert-OH is 2. The normalized spacial score (nSPS) is 23.4. The molecular formula is C24H24ClN5O9P2. The van der Waals surface area contributed by atoms with Crippen LogP contribution in [0, 0.1) is 0 Å². The van der Waals surface area contributed by atoms with E-state index in [1.807, 2.05) is 30.3 Å². The molecule has 0 amide bonds. The SMILES string of the molecule is O=P(O)(O)CP(=O)(O)OC[C@H]1O[C@@H](n2cnc3c(Nc4ccc5c(c4)-c4ccccc4C5)nc(Cl)nc32)[C@@H](O)C1O. The van der Waals surface area contributed by atoms with E-state index in [1.165, 1.54) is 22.0 Å². The summed E-state index contributed by atoms with van der Waals surface area (Å²) in [5, 5.41) is 24.3. The highest BCUT2D eigenvalue weighted by Crippen LogP contribution is 2.55. The summed E-state index contributed by atoms with van der Waals surface area (Å²) >= 11 is 6.23. The van der Waals surface area contributed by atoms with Crippen LogP contribution in [-0.4, -0.2) is 75.2 Å². The number of halogens is 1. The molecule has 0 spiro atoms. The zero-order valence-electron chi connectivity index (χ0n) is 21.0. The van der Waals surface area contributed by atoms with Crippen LogP contribution in [0.15, 0.2) is 48.8 Å². The zero-order chi connectivity index (χ0) is 29.1. The average Bonchev–Trinajstić information content (AvgIpc) is 3.55. The fraction of sp³-hybridized carbons (Fsp3) is 0.292. The van der Waals surface area contributed by atoms with Gasteiger partial charge in [0.1, 0.15) is 18.3 Å². The number of nitrogens with zero attached hydrogens (tertiary/aromatic N) is 4. The van der Waals surface area contributed by atoms with E-state index in [0.29, 0.717) is 5.52 Å². The van der Waals surface area contributed by atoms with Crippen LogP contribution in [-0.2, 0) is 24.8 Å². The maximum atomic E-state index is 12.0. The monoisotopic (exact) mass is 623 g/mol. The van der Waals surface area contributed by atoms with Crippen LogP contribution in [0.2, 0.25) is 5.28 Å². The lowest BCUT2D eigenvalue weighted by Crippen LogP contribution is -2.33. The highest BCUT2D eigenvalue weighted by atomic mass is 35.5. The van der Waals surface area contributed by atoms with E-state index in [-0.39, 0.29) is 16.7 Å². The quantitative estimate of drug-likeness (QED) is 0.109. The van der Waals surface area contributed by atoms with Crippen LogP contribution in [0.5, 0.6) is 0 Å². The van der Waals surface area contributed by atoms with Gasteiger partial charge in [-0.15, -0.1) is 0 Å². The van der Waals surface area contributed by atoms with E-state index in [9.17, 15) is 24.2 Å². The molecule has 17 heteroatoms. The van der Waals surface area contributed by atoms with Gasteiger partial charge in [0, 0.05) is 5.69 Å². The van der Waals surface area contributed by atoms with Crippen molar-refractivity contribution in [2.24, 2.45) is 0 Å². The third-order valence-corrected chi connectivity index (χ3v) is 10.5. The first kappa shape index (κ1) is 28.4. The number of rotatable bonds is 8. The Morgan fingerprint density at radius 3 is 2.59 bits per heavy atom. The molecule has 6 rings (SSSR count). The lowest BCUT2D eigenvalue weighted by Gasteiger charge is -2.18. The zero-order valence-corrected chi connectivity index (χ0v) is 23.5. The molecular weight excluding hydrogens is 600 g/mol. The van der Waals surface area contributed by atoms with E-state index in [0.717, 1.165) is 23.2 Å². The maximum absolute atomic E-state index is 12.0. The molecule has 1 saturated heterocycles. The number of hydrogen-bond acceptors (Lipinski definition) is 10. The summed E-state index contributed by atoms with van der Waals surface area (Å²) in [6.45, 7) is -0.723. The minimum atomic E-state index is -4.84. The fourth-order valence-corrected chi connectivity index (χ4v) is 7.80. The number of nitrogens with one attached hydrogen (secondary N) is 1. The van der Waals surface area contributed by atoms with Gasteiger partial charge in [0.25, 0.3) is 0 Å². The molecule has 6 N–H and O–H groups in total. The topological polar surface area (TPSA) is 209 Å². The van der Waals surface area contributed by atoms with Crippen molar-refractivity contribution in [2.45, 2.75) is 31.0 Å². The van der Waals surface area contributed by atoms with Crippen LogP contribution in [0.25, 0.3) is 22.3 Å². The number of aromatic nitrogens is 4. The molecule has 1 aliphatic carbocycles. The van der Waals surface area contributed by atoms with Crippen molar-refractivity contribution in [2.75, 3.05) is 17.8 Å². The van der Waals surface area contributed by atoms with Gasteiger partial charge < -0.3 is 39.5 Å². The summed E-state index contributed by atoms with van der Waals surface area (Å²) in [5.74, 6) is -1.11. The van der Waals surface area contributed by atoms with Crippen molar-refractivity contribution in [1.82, 2.24) is 19.5 Å². The summed E-state index contributed by atoms with van der Waals surface area (Å²) in [7, 11) is -9.55. The number of hydrogen-bond donors (Lipinski definition) is 6. The maximum Gasteiger partial charge on any atom is 0.340 e. The first-order valence-electron chi connectivity index (χ1n) is 12.3. The lowest BCUT2D eigenvalue weighted by atomic mass is 10.1. The third kappa shape index (κ3) is 5.69. The highest BCUT2D eigenvalue weighted by molar-refractivity contribution is 7.70. The molecule has 4 aromatic rings. The molecule has 2 aromatic heterocycles. The van der Waals surface area contributed by atoms with Crippen molar-refractivity contribution in [1.29, 1.82) is 0 Å². The van der Waals surface area contributed by atoms with Gasteiger partial charge in [0.05, 0.1) is 12.9 Å². The molecule has 1 aliphatic heterocycles. The lowest BCUT2D eigenvalue weighted by molar-refractivity contribution is -0.0483. The molecule has 0 saturated carbocycles. The fourth-order valence-electron chi connectivity index (χ4n) is 5.06. The predicted octanol–water partition coefficient (Wildman–Crippen LogP) is 2.75. The van der Waals surface area contributed by atoms with Gasteiger partial charge in [-0.3, -0.25) is 13.7 Å². The largest absolute Gasteiger partial charge is 0.387 e. The van der Waals surface area contributed by atoms with Crippen LogP contribution >= 0.6 is 26.8 Å². The molecule has 2 aliphatic rings. The molecule has 3 heterocycles. The first-order valence-corrected chi connectivity index (χ1v) is 16.2. The summed E-state index contributed by atoms with van der Waals surface area (Å²) in [4.78, 5) is 40.5. The van der Waals surface area contributed by atoms with Crippen LogP contribution in [0.1, 0.15) is 17.4 Å². The van der Waals surface area contributed by atoms with Gasteiger partial charge in [-0.1, -0.05) is 30.3 Å². The molecule has 216 valence electrons. The van der Waals surface area contributed by atoms with Crippen molar-refractivity contribution in [3.05, 3.63) is 65.2 Å². The van der Waals surface area contributed by atoms with Gasteiger partial charge in [-0.2, -0.15) is 9.97 Å². The molecule has 1 fully saturated rings. The number of aliphatic hydroxyl groups is 2. The molecule has 5 atom stereocenters. The molecule has 0 bridgehead atoms. The van der Waals surface area contributed by atoms with Crippen molar-refractivity contribution < 1.29 is 43.3 Å². The summed E-state index contributed by atoms with van der Waals surface area (Å²) in [6.07, 6.45) is -3.51. The Kier molecular flexibility index (Phi) is 7.28. The number of ether oxygens (including phenoxy) is 1. The first-order chi connectivity index (χ1) is 19.4. The number of imidazole rings is 1. The predicted molar refractivity (Wildman–Crippen MR) is 147 cm³/mol. The summed E-state index contributed by atoms with van der Waals surface area (Å²) in [6, 6.07) is 14.1. The molecule has 14 nitrogen and oxygen atoms in total. The Morgan fingerprint density at radius 2 is 1.80 bits per heavy atom. The van der Waals surface area contributed by atoms with Gasteiger partial charge >= 0.3 is 15.2 Å². The average molecular weight is 624 g/mol. The van der Waals surface area contributed by atoms with Crippen LogP contribution < -0.4 is 5.32 Å². The summed E-state index contributed by atoms with van der Waals surface area (Å²) < 4.78 is 34.9. The molecule has 2 unspecified atom stereocenters. The van der Waals surface area contributed by atoms with Gasteiger partial charge in [0.2, 0.25) is 5.28 Å². The van der Waals surface area contributed by atoms with Gasteiger partial charge in [0.15, 0.2) is 29.1 Å². The summed E-state index contributed by atoms with van der Waals surface area (Å²) in [5.41, 5.74) is 5.91. The van der Waals surface area contributed by atoms with E-state index in [1.54, 1.807) is 0 Å². The molecule has 2 aromatic carbocycles. The number of benzene rings is 2. The van der Waals surface area contributed by atoms with Gasteiger partial charge in [-0.05, 0) is 52.4 Å². The van der Waals surface area contributed by atoms with Crippen LogP contribution in [0.4, 0.5) is 11.5 Å². The Balaban J connectivity index is 1.24. The second kappa shape index (κ2) is 10.5. The van der Waals surface area contributed by atoms with E-state index in [2.05, 4.69) is 32.4 Å². The van der Waals surface area contributed by atoms with Crippen molar-refractivity contribution in [3.8, 4) is 11.1 Å². The van der Waals surface area contributed by atoms with Crippen molar-refractivity contribution in [3.63, 3.8) is 0 Å². The molecule has 41 heavy (non-hydrogen) atoms.